The van der Waals surface area contributed by atoms with Crippen LogP contribution >= 0.6 is 0 Å². The number of piperidine rings is 1. The number of hydrogen-bond acceptors (Lipinski definition) is 4. The van der Waals surface area contributed by atoms with Crippen molar-refractivity contribution in [1.82, 2.24) is 4.90 Å². The third-order valence-electron chi connectivity index (χ3n) is 4.50. The van der Waals surface area contributed by atoms with Gasteiger partial charge in [0.25, 0.3) is 0 Å². The lowest BCUT2D eigenvalue weighted by Gasteiger charge is -2.44. The quantitative estimate of drug-likeness (QED) is 0.745. The first-order chi connectivity index (χ1) is 8.20. The van der Waals surface area contributed by atoms with Crippen LogP contribution in [0, 0.1) is 11.3 Å². The molecule has 2 rings (SSSR count). The van der Waals surface area contributed by atoms with Crippen molar-refractivity contribution in [2.75, 3.05) is 33.3 Å². The van der Waals surface area contributed by atoms with Gasteiger partial charge in [0.2, 0.25) is 0 Å². The van der Waals surface area contributed by atoms with Crippen LogP contribution in [0.5, 0.6) is 0 Å². The molecule has 1 aliphatic carbocycles. The lowest BCUT2D eigenvalue weighted by Crippen LogP contribution is -2.50. The number of likely N-dealkylation sites (tertiary alicyclic amines) is 1. The van der Waals surface area contributed by atoms with Gasteiger partial charge in [-0.15, -0.1) is 0 Å². The van der Waals surface area contributed by atoms with E-state index in [1.807, 2.05) is 0 Å². The van der Waals surface area contributed by atoms with Gasteiger partial charge in [0, 0.05) is 6.54 Å². The number of carbonyl (C=O) groups excluding carboxylic acids is 1. The average Bonchev–Trinajstić information content (AvgIpc) is 2.33. The Labute approximate surface area is 103 Å². The Bertz CT molecular complexity index is 269. The number of methoxy groups -OCH3 is 1. The van der Waals surface area contributed by atoms with Gasteiger partial charge in [0.1, 0.15) is 0 Å². The fourth-order valence-corrected chi connectivity index (χ4v) is 3.06. The zero-order valence-electron chi connectivity index (χ0n) is 10.8. The molecule has 1 saturated carbocycles. The average molecular weight is 240 g/mol. The van der Waals surface area contributed by atoms with Crippen LogP contribution in [-0.2, 0) is 9.53 Å². The summed E-state index contributed by atoms with van der Waals surface area (Å²) in [5.74, 6) is 0.673. The molecule has 17 heavy (non-hydrogen) atoms. The summed E-state index contributed by atoms with van der Waals surface area (Å²) in [7, 11) is 1.50. The second-order valence-electron chi connectivity index (χ2n) is 5.58. The first kappa shape index (κ1) is 12.8. The van der Waals surface area contributed by atoms with E-state index < -0.39 is 0 Å². The van der Waals surface area contributed by atoms with Crippen LogP contribution in [0.15, 0.2) is 0 Å². The standard InChI is InChI=1S/C13H24N2O2/c1-17-12(16)13(5-2-6-13)10-15-7-3-11(9-14)4-8-15/h11H,2-10,14H2,1H3. The van der Waals surface area contributed by atoms with Crippen molar-refractivity contribution in [3.63, 3.8) is 0 Å². The first-order valence-corrected chi connectivity index (χ1v) is 6.71. The molecule has 0 radical (unpaired) electrons. The summed E-state index contributed by atoms with van der Waals surface area (Å²) in [6.07, 6.45) is 5.50. The highest BCUT2D eigenvalue weighted by Crippen LogP contribution is 2.43. The monoisotopic (exact) mass is 240 g/mol. The van der Waals surface area contributed by atoms with E-state index >= 15 is 0 Å². The Balaban J connectivity index is 1.86. The highest BCUT2D eigenvalue weighted by Gasteiger charge is 2.46. The van der Waals surface area contributed by atoms with Crippen LogP contribution in [0.25, 0.3) is 0 Å². The van der Waals surface area contributed by atoms with Crippen molar-refractivity contribution >= 4 is 5.97 Å². The molecule has 2 fully saturated rings. The molecule has 98 valence electrons. The van der Waals surface area contributed by atoms with Crippen LogP contribution in [0.1, 0.15) is 32.1 Å². The van der Waals surface area contributed by atoms with Gasteiger partial charge in [0.05, 0.1) is 12.5 Å². The summed E-state index contributed by atoms with van der Waals surface area (Å²) in [6.45, 7) is 3.86. The van der Waals surface area contributed by atoms with E-state index in [2.05, 4.69) is 4.90 Å². The fraction of sp³-hybridized carbons (Fsp3) is 0.923. The van der Waals surface area contributed by atoms with Gasteiger partial charge >= 0.3 is 5.97 Å². The number of esters is 1. The van der Waals surface area contributed by atoms with E-state index in [1.165, 1.54) is 20.0 Å². The number of hydrogen-bond donors (Lipinski definition) is 1. The SMILES string of the molecule is COC(=O)C1(CN2CCC(CN)CC2)CCC1. The fourth-order valence-electron chi connectivity index (χ4n) is 3.06. The molecule has 0 amide bonds. The summed E-state index contributed by atoms with van der Waals surface area (Å²) >= 11 is 0. The van der Waals surface area contributed by atoms with Crippen molar-refractivity contribution in [3.8, 4) is 0 Å². The van der Waals surface area contributed by atoms with Gasteiger partial charge in [-0.25, -0.2) is 0 Å². The Morgan fingerprint density at radius 2 is 2.06 bits per heavy atom. The molecule has 0 aromatic carbocycles. The van der Waals surface area contributed by atoms with Crippen LogP contribution in [-0.4, -0.2) is 44.2 Å². The molecule has 4 heteroatoms. The summed E-state index contributed by atoms with van der Waals surface area (Å²) in [4.78, 5) is 14.3. The Kier molecular flexibility index (Phi) is 4.05. The maximum Gasteiger partial charge on any atom is 0.313 e. The van der Waals surface area contributed by atoms with Crippen LogP contribution in [0.3, 0.4) is 0 Å². The van der Waals surface area contributed by atoms with Crippen LogP contribution in [0.2, 0.25) is 0 Å². The number of carbonyl (C=O) groups is 1. The third-order valence-corrected chi connectivity index (χ3v) is 4.50. The number of nitrogens with zero attached hydrogens (tertiary/aromatic N) is 1. The predicted molar refractivity (Wildman–Crippen MR) is 66.5 cm³/mol. The predicted octanol–water partition coefficient (Wildman–Crippen LogP) is 1.00. The second-order valence-corrected chi connectivity index (χ2v) is 5.58. The van der Waals surface area contributed by atoms with Crippen molar-refractivity contribution in [3.05, 3.63) is 0 Å². The molecule has 1 heterocycles. The van der Waals surface area contributed by atoms with Crippen LogP contribution < -0.4 is 5.73 Å². The highest BCUT2D eigenvalue weighted by molar-refractivity contribution is 5.78. The van der Waals surface area contributed by atoms with E-state index in [4.69, 9.17) is 10.5 Å². The topological polar surface area (TPSA) is 55.6 Å². The molecule has 1 aliphatic heterocycles. The zero-order chi connectivity index (χ0) is 12.3. The lowest BCUT2D eigenvalue weighted by atomic mass is 9.68. The molecule has 0 aromatic rings. The van der Waals surface area contributed by atoms with Gasteiger partial charge in [-0.1, -0.05) is 6.42 Å². The molecule has 2 aliphatic rings. The Morgan fingerprint density at radius 1 is 1.41 bits per heavy atom. The molecule has 2 N–H and O–H groups in total. The van der Waals surface area contributed by atoms with E-state index in [1.54, 1.807) is 0 Å². The second kappa shape index (κ2) is 5.36. The van der Waals surface area contributed by atoms with E-state index in [9.17, 15) is 4.79 Å². The molecule has 4 nitrogen and oxygen atoms in total. The molecule has 0 bridgehead atoms. The zero-order valence-corrected chi connectivity index (χ0v) is 10.8. The number of rotatable bonds is 4. The molecule has 0 aromatic heterocycles. The van der Waals surface area contributed by atoms with Gasteiger partial charge in [-0.2, -0.15) is 0 Å². The summed E-state index contributed by atoms with van der Waals surface area (Å²) in [5.41, 5.74) is 5.50. The minimum atomic E-state index is -0.190. The van der Waals surface area contributed by atoms with Gasteiger partial charge < -0.3 is 15.4 Å². The van der Waals surface area contributed by atoms with Crippen molar-refractivity contribution in [2.45, 2.75) is 32.1 Å². The molecular formula is C13H24N2O2. The van der Waals surface area contributed by atoms with Gasteiger partial charge in [-0.05, 0) is 51.2 Å². The lowest BCUT2D eigenvalue weighted by molar-refractivity contribution is -0.160. The molecular weight excluding hydrogens is 216 g/mol. The van der Waals surface area contributed by atoms with Gasteiger partial charge in [-0.3, -0.25) is 4.79 Å². The summed E-state index contributed by atoms with van der Waals surface area (Å²) < 4.78 is 4.96. The minimum absolute atomic E-state index is 0.00954. The first-order valence-electron chi connectivity index (χ1n) is 6.71. The Hall–Kier alpha value is -0.610. The normalized spacial score (nSPS) is 25.3. The van der Waals surface area contributed by atoms with Gasteiger partial charge in [0.15, 0.2) is 0 Å². The van der Waals surface area contributed by atoms with Crippen LogP contribution in [0.4, 0.5) is 0 Å². The molecule has 1 saturated heterocycles. The molecule has 0 atom stereocenters. The highest BCUT2D eigenvalue weighted by atomic mass is 16.5. The van der Waals surface area contributed by atoms with E-state index in [0.717, 1.165) is 45.4 Å². The summed E-state index contributed by atoms with van der Waals surface area (Å²) in [5, 5.41) is 0. The minimum Gasteiger partial charge on any atom is -0.469 e. The summed E-state index contributed by atoms with van der Waals surface area (Å²) in [6, 6.07) is 0. The molecule has 0 spiro atoms. The van der Waals surface area contributed by atoms with Crippen molar-refractivity contribution < 1.29 is 9.53 Å². The van der Waals surface area contributed by atoms with Crippen molar-refractivity contribution in [2.24, 2.45) is 17.1 Å². The Morgan fingerprint density at radius 3 is 2.47 bits per heavy atom. The van der Waals surface area contributed by atoms with Crippen molar-refractivity contribution in [1.29, 1.82) is 0 Å². The third kappa shape index (κ3) is 2.63. The van der Waals surface area contributed by atoms with E-state index in [0.29, 0.717) is 5.92 Å². The molecule has 0 unspecified atom stereocenters. The number of ether oxygens (including phenoxy) is 1. The largest absolute Gasteiger partial charge is 0.469 e. The maximum atomic E-state index is 11.8. The maximum absolute atomic E-state index is 11.8. The smallest absolute Gasteiger partial charge is 0.313 e. The number of nitrogens with two attached hydrogens (primary N) is 1. The van der Waals surface area contributed by atoms with E-state index in [-0.39, 0.29) is 11.4 Å².